The summed E-state index contributed by atoms with van der Waals surface area (Å²) >= 11 is 1.51. The maximum Gasteiger partial charge on any atom is 0.355 e. The fourth-order valence-electron chi connectivity index (χ4n) is 2.87. The lowest BCUT2D eigenvalue weighted by Gasteiger charge is -2.10. The summed E-state index contributed by atoms with van der Waals surface area (Å²) in [7, 11) is 0. The molecule has 2 heterocycles. The Bertz CT molecular complexity index is 883. The van der Waals surface area contributed by atoms with E-state index in [1.807, 2.05) is 29.6 Å². The van der Waals surface area contributed by atoms with Crippen molar-refractivity contribution in [2.24, 2.45) is 0 Å². The highest BCUT2D eigenvalue weighted by Crippen LogP contribution is 2.25. The minimum Gasteiger partial charge on any atom is -0.461 e. The van der Waals surface area contributed by atoms with Gasteiger partial charge >= 0.3 is 5.97 Å². The van der Waals surface area contributed by atoms with Crippen molar-refractivity contribution in [1.29, 1.82) is 0 Å². The first-order valence-corrected chi connectivity index (χ1v) is 9.61. The molecule has 1 aromatic carbocycles. The summed E-state index contributed by atoms with van der Waals surface area (Å²) < 4.78 is 6.85. The quantitative estimate of drug-likeness (QED) is 0.487. The number of ether oxygens (including phenoxy) is 1. The van der Waals surface area contributed by atoms with Crippen molar-refractivity contribution < 1.29 is 14.3 Å². The Morgan fingerprint density at radius 2 is 2.00 bits per heavy atom. The number of amides is 1. The van der Waals surface area contributed by atoms with E-state index in [1.54, 1.807) is 17.6 Å². The smallest absolute Gasteiger partial charge is 0.355 e. The first-order valence-electron chi connectivity index (χ1n) is 8.73. The molecule has 3 aromatic rings. The fourth-order valence-corrected chi connectivity index (χ4v) is 3.77. The minimum absolute atomic E-state index is 0.102. The Kier molecular flexibility index (Phi) is 6.07. The second kappa shape index (κ2) is 8.67. The van der Waals surface area contributed by atoms with Crippen LogP contribution in [0.1, 0.15) is 29.4 Å². The Labute approximate surface area is 156 Å². The highest BCUT2D eigenvalue weighted by molar-refractivity contribution is 7.16. The number of nitrogens with zero attached hydrogens (tertiary/aromatic N) is 1. The van der Waals surface area contributed by atoms with Gasteiger partial charge in [-0.2, -0.15) is 0 Å². The number of carbonyl (C=O) groups excluding carboxylic acids is 2. The van der Waals surface area contributed by atoms with Crippen LogP contribution in [0.3, 0.4) is 0 Å². The standard InChI is InChI=1S/C20H22N2O3S/c1-2-25-20(24)17-13-16-10-12-26-19(16)22(17)14-18(23)21-11-6-9-15-7-4-3-5-8-15/h3-5,7-8,10,12-13H,2,6,9,11,14H2,1H3,(H,21,23). The molecule has 0 aliphatic carbocycles. The van der Waals surface area contributed by atoms with Gasteiger partial charge in [0, 0.05) is 11.9 Å². The van der Waals surface area contributed by atoms with E-state index < -0.39 is 5.97 Å². The molecule has 6 heteroatoms. The van der Waals surface area contributed by atoms with Crippen LogP contribution in [0.5, 0.6) is 0 Å². The van der Waals surface area contributed by atoms with Gasteiger partial charge in [0.15, 0.2) is 0 Å². The summed E-state index contributed by atoms with van der Waals surface area (Å²) in [6.07, 6.45) is 1.80. The summed E-state index contributed by atoms with van der Waals surface area (Å²) in [4.78, 5) is 25.4. The zero-order valence-corrected chi connectivity index (χ0v) is 15.6. The fraction of sp³-hybridized carbons (Fsp3) is 0.300. The third-order valence-corrected chi connectivity index (χ3v) is 5.05. The predicted molar refractivity (Wildman–Crippen MR) is 104 cm³/mol. The summed E-state index contributed by atoms with van der Waals surface area (Å²) in [5.74, 6) is -0.498. The number of aromatic nitrogens is 1. The number of fused-ring (bicyclic) bond motifs is 1. The number of benzene rings is 1. The zero-order chi connectivity index (χ0) is 18.4. The second-order valence-electron chi connectivity index (χ2n) is 5.96. The van der Waals surface area contributed by atoms with Gasteiger partial charge in [-0.15, -0.1) is 11.3 Å². The summed E-state index contributed by atoms with van der Waals surface area (Å²) in [6, 6.07) is 13.9. The van der Waals surface area contributed by atoms with Gasteiger partial charge in [-0.3, -0.25) is 4.79 Å². The molecule has 0 saturated carbocycles. The molecule has 2 aromatic heterocycles. The molecule has 1 amide bonds. The zero-order valence-electron chi connectivity index (χ0n) is 14.7. The predicted octanol–water partition coefficient (Wildman–Crippen LogP) is 3.63. The van der Waals surface area contributed by atoms with Crippen molar-refractivity contribution >= 4 is 33.4 Å². The maximum absolute atomic E-state index is 12.3. The number of nitrogens with one attached hydrogen (secondary N) is 1. The Morgan fingerprint density at radius 3 is 2.77 bits per heavy atom. The lowest BCUT2D eigenvalue weighted by molar-refractivity contribution is -0.121. The lowest BCUT2D eigenvalue weighted by atomic mass is 10.1. The van der Waals surface area contributed by atoms with Crippen LogP contribution in [-0.2, 0) is 22.5 Å². The van der Waals surface area contributed by atoms with Crippen LogP contribution in [0.15, 0.2) is 47.8 Å². The van der Waals surface area contributed by atoms with Gasteiger partial charge in [0.1, 0.15) is 17.1 Å². The van der Waals surface area contributed by atoms with Crippen LogP contribution >= 0.6 is 11.3 Å². The molecule has 0 aliphatic rings. The number of aryl methyl sites for hydroxylation is 1. The van der Waals surface area contributed by atoms with E-state index in [0.29, 0.717) is 18.8 Å². The molecule has 0 unspecified atom stereocenters. The molecule has 0 radical (unpaired) electrons. The lowest BCUT2D eigenvalue weighted by Crippen LogP contribution is -2.29. The summed E-state index contributed by atoms with van der Waals surface area (Å²) in [6.45, 7) is 2.80. The van der Waals surface area contributed by atoms with Crippen LogP contribution < -0.4 is 5.32 Å². The number of hydrogen-bond donors (Lipinski definition) is 1. The molecule has 0 fully saturated rings. The van der Waals surface area contributed by atoms with Gasteiger partial charge < -0.3 is 14.6 Å². The monoisotopic (exact) mass is 370 g/mol. The highest BCUT2D eigenvalue weighted by Gasteiger charge is 2.19. The van der Waals surface area contributed by atoms with Gasteiger partial charge in [0.25, 0.3) is 0 Å². The molecule has 0 atom stereocenters. The summed E-state index contributed by atoms with van der Waals surface area (Å²) in [5.41, 5.74) is 1.69. The molecule has 136 valence electrons. The molecule has 0 saturated heterocycles. The van der Waals surface area contributed by atoms with Crippen molar-refractivity contribution in [3.63, 3.8) is 0 Å². The third-order valence-electron chi connectivity index (χ3n) is 4.10. The van der Waals surface area contributed by atoms with E-state index in [9.17, 15) is 9.59 Å². The van der Waals surface area contributed by atoms with E-state index in [4.69, 9.17) is 4.74 Å². The average Bonchev–Trinajstić information content (AvgIpc) is 3.23. The first-order chi connectivity index (χ1) is 12.7. The van der Waals surface area contributed by atoms with Crippen LogP contribution in [-0.4, -0.2) is 29.6 Å². The molecule has 0 aliphatic heterocycles. The number of hydrogen-bond acceptors (Lipinski definition) is 4. The van der Waals surface area contributed by atoms with Crippen LogP contribution in [0.25, 0.3) is 10.2 Å². The van der Waals surface area contributed by atoms with E-state index in [0.717, 1.165) is 23.1 Å². The van der Waals surface area contributed by atoms with Crippen LogP contribution in [0, 0.1) is 0 Å². The average molecular weight is 370 g/mol. The maximum atomic E-state index is 12.3. The normalized spacial score (nSPS) is 10.8. The van der Waals surface area contributed by atoms with E-state index in [1.165, 1.54) is 16.9 Å². The highest BCUT2D eigenvalue weighted by atomic mass is 32.1. The van der Waals surface area contributed by atoms with Crippen LogP contribution in [0.4, 0.5) is 0 Å². The van der Waals surface area contributed by atoms with Crippen molar-refractivity contribution in [2.75, 3.05) is 13.2 Å². The van der Waals surface area contributed by atoms with Gasteiger partial charge in [0.05, 0.1) is 6.61 Å². The van der Waals surface area contributed by atoms with E-state index >= 15 is 0 Å². The van der Waals surface area contributed by atoms with Crippen molar-refractivity contribution in [2.45, 2.75) is 26.3 Å². The van der Waals surface area contributed by atoms with Gasteiger partial charge in [0.2, 0.25) is 5.91 Å². The number of thiophene rings is 1. The molecule has 3 rings (SSSR count). The minimum atomic E-state index is -0.396. The van der Waals surface area contributed by atoms with Crippen molar-refractivity contribution in [3.8, 4) is 0 Å². The Hall–Kier alpha value is -2.60. The molecule has 0 bridgehead atoms. The number of esters is 1. The third kappa shape index (κ3) is 4.32. The van der Waals surface area contributed by atoms with Crippen LogP contribution in [0.2, 0.25) is 0 Å². The Morgan fingerprint density at radius 1 is 1.19 bits per heavy atom. The molecule has 5 nitrogen and oxygen atoms in total. The van der Waals surface area contributed by atoms with Crippen molar-refractivity contribution in [1.82, 2.24) is 9.88 Å². The number of carbonyl (C=O) groups is 2. The molecule has 26 heavy (non-hydrogen) atoms. The van der Waals surface area contributed by atoms with E-state index in [2.05, 4.69) is 17.4 Å². The topological polar surface area (TPSA) is 60.3 Å². The van der Waals surface area contributed by atoms with Gasteiger partial charge in [-0.25, -0.2) is 4.79 Å². The second-order valence-corrected chi connectivity index (χ2v) is 6.85. The molecule has 1 N–H and O–H groups in total. The Balaban J connectivity index is 1.59. The molecular weight excluding hydrogens is 348 g/mol. The van der Waals surface area contributed by atoms with Gasteiger partial charge in [-0.1, -0.05) is 30.3 Å². The van der Waals surface area contributed by atoms with Crippen molar-refractivity contribution in [3.05, 3.63) is 59.1 Å². The summed E-state index contributed by atoms with van der Waals surface area (Å²) in [5, 5.41) is 5.84. The first kappa shape index (κ1) is 18.2. The molecular formula is C20H22N2O3S. The number of rotatable bonds is 8. The largest absolute Gasteiger partial charge is 0.461 e. The molecule has 0 spiro atoms. The van der Waals surface area contributed by atoms with Gasteiger partial charge in [-0.05, 0) is 42.8 Å². The SMILES string of the molecule is CCOC(=O)c1cc2ccsc2n1CC(=O)NCCCc1ccccc1. The van der Waals surface area contributed by atoms with E-state index in [-0.39, 0.29) is 12.5 Å².